The number of carbonyl (C=O) groups excluding carboxylic acids is 5. The van der Waals surface area contributed by atoms with Gasteiger partial charge >= 0.3 is 0 Å². The summed E-state index contributed by atoms with van der Waals surface area (Å²) in [5.41, 5.74) is 3.30. The van der Waals surface area contributed by atoms with Gasteiger partial charge in [-0.2, -0.15) is 0 Å². The van der Waals surface area contributed by atoms with Gasteiger partial charge < -0.3 is 10.2 Å². The van der Waals surface area contributed by atoms with Gasteiger partial charge in [-0.15, -0.1) is 0 Å². The molecule has 2 N–H and O–H groups in total. The Hall–Kier alpha value is -4.01. The van der Waals surface area contributed by atoms with Crippen molar-refractivity contribution in [1.29, 1.82) is 0 Å². The van der Waals surface area contributed by atoms with Crippen molar-refractivity contribution in [2.24, 2.45) is 5.92 Å². The SMILES string of the molecule is CNC(=O)c1ccc(N2CCC(CCc3cccc4c3C(=O)N(C3CCC(=O)NC3=O)C4=O)CC2)cc1. The number of amides is 5. The van der Waals surface area contributed by atoms with Gasteiger partial charge in [-0.1, -0.05) is 12.1 Å². The summed E-state index contributed by atoms with van der Waals surface area (Å²) in [4.78, 5) is 65.3. The molecule has 37 heavy (non-hydrogen) atoms. The molecule has 2 aromatic carbocycles. The van der Waals surface area contributed by atoms with Gasteiger partial charge in [0.2, 0.25) is 11.8 Å². The minimum absolute atomic E-state index is 0.0990. The number of carbonyl (C=O) groups is 5. The van der Waals surface area contributed by atoms with Crippen LogP contribution in [-0.4, -0.2) is 60.6 Å². The first-order valence-corrected chi connectivity index (χ1v) is 12.8. The average molecular weight is 503 g/mol. The molecule has 0 aromatic heterocycles. The molecule has 0 radical (unpaired) electrons. The second-order valence-corrected chi connectivity index (χ2v) is 9.88. The molecule has 0 saturated carbocycles. The van der Waals surface area contributed by atoms with E-state index in [4.69, 9.17) is 0 Å². The molecule has 0 spiro atoms. The predicted molar refractivity (Wildman–Crippen MR) is 136 cm³/mol. The second kappa shape index (κ2) is 10.2. The van der Waals surface area contributed by atoms with Crippen LogP contribution in [-0.2, 0) is 16.0 Å². The maximum Gasteiger partial charge on any atom is 0.262 e. The van der Waals surface area contributed by atoms with Gasteiger partial charge in [-0.25, -0.2) is 0 Å². The molecule has 9 nitrogen and oxygen atoms in total. The molecular weight excluding hydrogens is 472 g/mol. The fourth-order valence-electron chi connectivity index (χ4n) is 5.60. The first-order chi connectivity index (χ1) is 17.9. The molecule has 1 atom stereocenters. The van der Waals surface area contributed by atoms with E-state index in [0.29, 0.717) is 29.0 Å². The summed E-state index contributed by atoms with van der Waals surface area (Å²) in [5, 5.41) is 4.87. The number of imide groups is 2. The first-order valence-electron chi connectivity index (χ1n) is 12.8. The highest BCUT2D eigenvalue weighted by atomic mass is 16.2. The van der Waals surface area contributed by atoms with Crippen LogP contribution in [0, 0.1) is 5.92 Å². The Labute approximate surface area is 215 Å². The third-order valence-electron chi connectivity index (χ3n) is 7.71. The lowest BCUT2D eigenvalue weighted by molar-refractivity contribution is -0.136. The molecule has 5 rings (SSSR count). The Morgan fingerprint density at radius 3 is 2.38 bits per heavy atom. The van der Waals surface area contributed by atoms with Crippen LogP contribution in [0.4, 0.5) is 5.69 Å². The Morgan fingerprint density at radius 1 is 0.973 bits per heavy atom. The third-order valence-corrected chi connectivity index (χ3v) is 7.71. The van der Waals surface area contributed by atoms with Crippen molar-refractivity contribution in [3.8, 4) is 0 Å². The minimum Gasteiger partial charge on any atom is -0.372 e. The zero-order valence-electron chi connectivity index (χ0n) is 20.8. The largest absolute Gasteiger partial charge is 0.372 e. The highest BCUT2D eigenvalue weighted by Crippen LogP contribution is 2.32. The van der Waals surface area contributed by atoms with Crippen LogP contribution in [0.3, 0.4) is 0 Å². The van der Waals surface area contributed by atoms with Gasteiger partial charge in [0.05, 0.1) is 11.1 Å². The molecule has 5 amide bonds. The normalized spacial score (nSPS) is 20.2. The number of benzene rings is 2. The zero-order valence-corrected chi connectivity index (χ0v) is 20.8. The standard InChI is InChI=1S/C28H30N4O5/c1-29-25(34)19-7-9-20(10-8-19)31-15-13-17(14-16-31)5-6-18-3-2-4-21-24(18)28(37)32(27(21)36)22-11-12-23(33)30-26(22)35/h2-4,7-10,17,22H,5-6,11-16H2,1H3,(H,29,34)(H,30,33,35). The van der Waals surface area contributed by atoms with E-state index >= 15 is 0 Å². The summed E-state index contributed by atoms with van der Waals surface area (Å²) in [5.74, 6) is -1.49. The molecule has 9 heteroatoms. The fraction of sp³-hybridized carbons (Fsp3) is 0.393. The van der Waals surface area contributed by atoms with Crippen LogP contribution in [0.1, 0.15) is 68.7 Å². The quantitative estimate of drug-likeness (QED) is 0.586. The Morgan fingerprint density at radius 2 is 1.70 bits per heavy atom. The molecule has 3 heterocycles. The molecule has 3 aliphatic heterocycles. The van der Waals surface area contributed by atoms with Gasteiger partial charge in [0, 0.05) is 37.8 Å². The summed E-state index contributed by atoms with van der Waals surface area (Å²) in [6, 6.07) is 12.0. The molecule has 0 aliphatic carbocycles. The summed E-state index contributed by atoms with van der Waals surface area (Å²) in [6.07, 6.45) is 3.87. The van der Waals surface area contributed by atoms with Crippen LogP contribution in [0.15, 0.2) is 42.5 Å². The highest BCUT2D eigenvalue weighted by Gasteiger charge is 2.45. The fourth-order valence-corrected chi connectivity index (χ4v) is 5.60. The van der Waals surface area contributed by atoms with Crippen molar-refractivity contribution < 1.29 is 24.0 Å². The van der Waals surface area contributed by atoms with E-state index in [1.165, 1.54) is 0 Å². The van der Waals surface area contributed by atoms with Crippen molar-refractivity contribution in [2.45, 2.75) is 44.6 Å². The van der Waals surface area contributed by atoms with Crippen LogP contribution in [0.5, 0.6) is 0 Å². The summed E-state index contributed by atoms with van der Waals surface area (Å²) >= 11 is 0. The van der Waals surface area contributed by atoms with Crippen molar-refractivity contribution in [2.75, 3.05) is 25.0 Å². The molecule has 1 unspecified atom stereocenters. The van der Waals surface area contributed by atoms with Crippen molar-refractivity contribution >= 4 is 35.2 Å². The average Bonchev–Trinajstić information content (AvgIpc) is 3.17. The van der Waals surface area contributed by atoms with E-state index < -0.39 is 23.8 Å². The highest BCUT2D eigenvalue weighted by molar-refractivity contribution is 6.24. The van der Waals surface area contributed by atoms with Gasteiger partial charge in [-0.05, 0) is 73.9 Å². The molecule has 0 bridgehead atoms. The number of hydrogen-bond acceptors (Lipinski definition) is 6. The van der Waals surface area contributed by atoms with Crippen LogP contribution in [0.2, 0.25) is 0 Å². The van der Waals surface area contributed by atoms with Crippen molar-refractivity contribution in [1.82, 2.24) is 15.5 Å². The van der Waals surface area contributed by atoms with E-state index in [1.54, 1.807) is 19.2 Å². The van der Waals surface area contributed by atoms with E-state index in [2.05, 4.69) is 15.5 Å². The molecular formula is C28H30N4O5. The molecule has 2 saturated heterocycles. The summed E-state index contributed by atoms with van der Waals surface area (Å²) < 4.78 is 0. The van der Waals surface area contributed by atoms with Gasteiger partial charge in [0.1, 0.15) is 6.04 Å². The summed E-state index contributed by atoms with van der Waals surface area (Å²) in [7, 11) is 1.62. The monoisotopic (exact) mass is 502 g/mol. The second-order valence-electron chi connectivity index (χ2n) is 9.88. The third kappa shape index (κ3) is 4.73. The van der Waals surface area contributed by atoms with E-state index in [1.807, 2.05) is 30.3 Å². The number of rotatable bonds is 6. The van der Waals surface area contributed by atoms with Crippen LogP contribution in [0.25, 0.3) is 0 Å². The van der Waals surface area contributed by atoms with Gasteiger partial charge in [-0.3, -0.25) is 34.2 Å². The van der Waals surface area contributed by atoms with E-state index in [-0.39, 0.29) is 24.7 Å². The van der Waals surface area contributed by atoms with Gasteiger partial charge in [0.25, 0.3) is 17.7 Å². The Bertz CT molecular complexity index is 1260. The lowest BCUT2D eigenvalue weighted by Gasteiger charge is -2.34. The Kier molecular flexibility index (Phi) is 6.78. The predicted octanol–water partition coefficient (Wildman–Crippen LogP) is 2.30. The van der Waals surface area contributed by atoms with Crippen molar-refractivity contribution in [3.05, 3.63) is 64.7 Å². The molecule has 3 aliphatic rings. The first kappa shape index (κ1) is 24.7. The number of anilines is 1. The number of piperidine rings is 2. The number of aryl methyl sites for hydroxylation is 1. The number of hydrogen-bond donors (Lipinski definition) is 2. The minimum atomic E-state index is -0.951. The lowest BCUT2D eigenvalue weighted by Crippen LogP contribution is -2.54. The summed E-state index contributed by atoms with van der Waals surface area (Å²) in [6.45, 7) is 1.83. The van der Waals surface area contributed by atoms with Crippen LogP contribution < -0.4 is 15.5 Å². The molecule has 192 valence electrons. The number of nitrogens with one attached hydrogen (secondary N) is 2. The number of nitrogens with zero attached hydrogens (tertiary/aromatic N) is 2. The smallest absolute Gasteiger partial charge is 0.262 e. The Balaban J connectivity index is 1.21. The van der Waals surface area contributed by atoms with E-state index in [9.17, 15) is 24.0 Å². The lowest BCUT2D eigenvalue weighted by atomic mass is 9.88. The van der Waals surface area contributed by atoms with E-state index in [0.717, 1.165) is 48.5 Å². The number of fused-ring (bicyclic) bond motifs is 1. The van der Waals surface area contributed by atoms with Gasteiger partial charge in [0.15, 0.2) is 0 Å². The molecule has 2 aromatic rings. The van der Waals surface area contributed by atoms with Crippen LogP contribution >= 0.6 is 0 Å². The zero-order chi connectivity index (χ0) is 26.1. The topological polar surface area (TPSA) is 116 Å². The van der Waals surface area contributed by atoms with Crippen molar-refractivity contribution in [3.63, 3.8) is 0 Å². The molecule has 2 fully saturated rings. The maximum atomic E-state index is 13.3. The maximum absolute atomic E-state index is 13.3.